The molecule has 1 atom stereocenters. The van der Waals surface area contributed by atoms with Gasteiger partial charge in [-0.3, -0.25) is 4.79 Å². The number of likely N-dealkylation sites (tertiary alicyclic amines) is 1. The van der Waals surface area contributed by atoms with E-state index in [2.05, 4.69) is 5.32 Å². The third-order valence-electron chi connectivity index (χ3n) is 2.92. The summed E-state index contributed by atoms with van der Waals surface area (Å²) in [6.45, 7) is 0.440. The van der Waals surface area contributed by atoms with Crippen molar-refractivity contribution in [3.63, 3.8) is 0 Å². The molecule has 0 aromatic carbocycles. The Hall–Kier alpha value is -1.83. The first kappa shape index (κ1) is 14.2. The van der Waals surface area contributed by atoms with Crippen LogP contribution in [0.15, 0.2) is 0 Å². The highest BCUT2D eigenvalue weighted by molar-refractivity contribution is 5.78. The van der Waals surface area contributed by atoms with Crippen LogP contribution in [0.4, 0.5) is 4.79 Å². The van der Waals surface area contributed by atoms with E-state index in [0.29, 0.717) is 25.9 Å². The van der Waals surface area contributed by atoms with E-state index < -0.39 is 18.1 Å². The zero-order chi connectivity index (χ0) is 13.7. The van der Waals surface area contributed by atoms with Crippen LogP contribution < -0.4 is 11.1 Å². The Morgan fingerprint density at radius 3 is 2.33 bits per heavy atom. The topological polar surface area (TPSA) is 133 Å². The number of hydrogen-bond donors (Lipinski definition) is 4. The molecule has 0 bridgehead atoms. The second-order valence-electron chi connectivity index (χ2n) is 4.20. The first-order valence-corrected chi connectivity index (χ1v) is 5.64. The van der Waals surface area contributed by atoms with E-state index in [1.807, 2.05) is 0 Å². The molecule has 1 heterocycles. The molecule has 8 heteroatoms. The van der Waals surface area contributed by atoms with Crippen molar-refractivity contribution in [2.24, 2.45) is 11.7 Å². The van der Waals surface area contributed by atoms with Gasteiger partial charge in [-0.1, -0.05) is 0 Å². The number of rotatable bonds is 4. The van der Waals surface area contributed by atoms with Gasteiger partial charge in [-0.15, -0.1) is 0 Å². The second kappa shape index (κ2) is 6.20. The summed E-state index contributed by atoms with van der Waals surface area (Å²) in [5.74, 6) is -1.96. The van der Waals surface area contributed by atoms with E-state index in [1.54, 1.807) is 0 Å². The van der Waals surface area contributed by atoms with Gasteiger partial charge in [0.05, 0.1) is 6.54 Å². The number of aliphatic hydroxyl groups is 1. The van der Waals surface area contributed by atoms with Gasteiger partial charge >= 0.3 is 12.0 Å². The first-order chi connectivity index (χ1) is 8.41. The lowest BCUT2D eigenvalue weighted by atomic mass is 9.96. The van der Waals surface area contributed by atoms with Crippen LogP contribution in [0.1, 0.15) is 12.8 Å². The normalized spacial score (nSPS) is 18.2. The van der Waals surface area contributed by atoms with Gasteiger partial charge in [-0.2, -0.15) is 0 Å². The van der Waals surface area contributed by atoms with Crippen molar-refractivity contribution in [1.29, 1.82) is 0 Å². The van der Waals surface area contributed by atoms with Gasteiger partial charge in [0.25, 0.3) is 0 Å². The van der Waals surface area contributed by atoms with Gasteiger partial charge < -0.3 is 26.2 Å². The number of aliphatic carboxylic acids is 1. The van der Waals surface area contributed by atoms with E-state index in [-0.39, 0.29) is 18.4 Å². The average Bonchev–Trinajstić information content (AvgIpc) is 2.35. The molecule has 102 valence electrons. The molecule has 1 saturated heterocycles. The van der Waals surface area contributed by atoms with Crippen molar-refractivity contribution < 1.29 is 24.6 Å². The largest absolute Gasteiger partial charge is 0.479 e. The molecule has 18 heavy (non-hydrogen) atoms. The number of carbonyl (C=O) groups excluding carboxylic acids is 2. The van der Waals surface area contributed by atoms with Gasteiger partial charge in [-0.25, -0.2) is 9.59 Å². The highest BCUT2D eigenvalue weighted by Crippen LogP contribution is 2.16. The Kier molecular flexibility index (Phi) is 4.90. The molecule has 0 spiro atoms. The summed E-state index contributed by atoms with van der Waals surface area (Å²) in [6, 6.07) is -0.446. The smallest absolute Gasteiger partial charge is 0.334 e. The molecule has 0 radical (unpaired) electrons. The summed E-state index contributed by atoms with van der Waals surface area (Å²) < 4.78 is 0. The molecule has 8 nitrogen and oxygen atoms in total. The quantitative estimate of drug-likeness (QED) is 0.479. The van der Waals surface area contributed by atoms with Crippen LogP contribution >= 0.6 is 0 Å². The number of carbonyl (C=O) groups is 3. The van der Waals surface area contributed by atoms with Crippen molar-refractivity contribution in [3.8, 4) is 0 Å². The number of carboxylic acid groups (broad SMARTS) is 1. The predicted molar refractivity (Wildman–Crippen MR) is 60.5 cm³/mol. The first-order valence-electron chi connectivity index (χ1n) is 5.64. The standard InChI is InChI=1S/C10H17N3O5/c11-8(15)6-1-3-13(4-2-6)10(18)12-5-7(14)9(16)17/h6-7,14H,1-5H2,(H2,11,15)(H,12,18)(H,16,17). The molecule has 1 unspecified atom stereocenters. The lowest BCUT2D eigenvalue weighted by molar-refractivity contribution is -0.146. The van der Waals surface area contributed by atoms with Crippen molar-refractivity contribution in [3.05, 3.63) is 0 Å². The highest BCUT2D eigenvalue weighted by Gasteiger charge is 2.26. The van der Waals surface area contributed by atoms with E-state index in [9.17, 15) is 14.4 Å². The van der Waals surface area contributed by atoms with E-state index in [4.69, 9.17) is 15.9 Å². The van der Waals surface area contributed by atoms with Gasteiger partial charge in [0.1, 0.15) is 0 Å². The Morgan fingerprint density at radius 2 is 1.89 bits per heavy atom. The highest BCUT2D eigenvalue weighted by atomic mass is 16.4. The Labute approximate surface area is 104 Å². The van der Waals surface area contributed by atoms with Crippen molar-refractivity contribution in [2.75, 3.05) is 19.6 Å². The number of hydrogen-bond acceptors (Lipinski definition) is 4. The van der Waals surface area contributed by atoms with Crippen LogP contribution in [0, 0.1) is 5.92 Å². The van der Waals surface area contributed by atoms with Gasteiger partial charge in [0.15, 0.2) is 6.10 Å². The van der Waals surface area contributed by atoms with Crippen LogP contribution in [0.5, 0.6) is 0 Å². The lowest BCUT2D eigenvalue weighted by Crippen LogP contribution is -2.48. The maximum absolute atomic E-state index is 11.6. The summed E-state index contributed by atoms with van der Waals surface area (Å²) in [6.07, 6.45) is -0.605. The summed E-state index contributed by atoms with van der Waals surface area (Å²) in [5.41, 5.74) is 5.16. The number of nitrogens with one attached hydrogen (secondary N) is 1. The fraction of sp³-hybridized carbons (Fsp3) is 0.700. The van der Waals surface area contributed by atoms with Crippen molar-refractivity contribution >= 4 is 17.9 Å². The molecule has 0 aromatic rings. The van der Waals surface area contributed by atoms with Crippen molar-refractivity contribution in [2.45, 2.75) is 18.9 Å². The zero-order valence-electron chi connectivity index (χ0n) is 9.83. The minimum atomic E-state index is -1.61. The number of nitrogens with zero attached hydrogens (tertiary/aromatic N) is 1. The molecule has 1 fully saturated rings. The van der Waals surface area contributed by atoms with E-state index in [1.165, 1.54) is 4.90 Å². The van der Waals surface area contributed by atoms with Gasteiger partial charge in [0, 0.05) is 19.0 Å². The average molecular weight is 259 g/mol. The third-order valence-corrected chi connectivity index (χ3v) is 2.92. The molecule has 0 aromatic heterocycles. The molecule has 3 amide bonds. The second-order valence-corrected chi connectivity index (χ2v) is 4.20. The third kappa shape index (κ3) is 3.88. The van der Waals surface area contributed by atoms with Crippen LogP contribution in [-0.2, 0) is 9.59 Å². The van der Waals surface area contributed by atoms with Crippen LogP contribution in [-0.4, -0.2) is 58.8 Å². The van der Waals surface area contributed by atoms with E-state index in [0.717, 1.165) is 0 Å². The minimum Gasteiger partial charge on any atom is -0.479 e. The van der Waals surface area contributed by atoms with E-state index >= 15 is 0 Å². The molecule has 1 rings (SSSR count). The number of amides is 3. The molecular weight excluding hydrogens is 242 g/mol. The maximum atomic E-state index is 11.6. The molecular formula is C10H17N3O5. The Morgan fingerprint density at radius 1 is 1.33 bits per heavy atom. The summed E-state index contributed by atoms with van der Waals surface area (Å²) in [5, 5.41) is 19.7. The zero-order valence-corrected chi connectivity index (χ0v) is 9.83. The molecule has 5 N–H and O–H groups in total. The summed E-state index contributed by atoms with van der Waals surface area (Å²) >= 11 is 0. The van der Waals surface area contributed by atoms with Gasteiger partial charge in [0.2, 0.25) is 5.91 Å². The fourth-order valence-corrected chi connectivity index (χ4v) is 1.75. The van der Waals surface area contributed by atoms with Gasteiger partial charge in [-0.05, 0) is 12.8 Å². The number of carboxylic acids is 1. The fourth-order valence-electron chi connectivity index (χ4n) is 1.75. The predicted octanol–water partition coefficient (Wildman–Crippen LogP) is -1.66. The minimum absolute atomic E-state index is 0.210. The summed E-state index contributed by atoms with van der Waals surface area (Å²) in [4.78, 5) is 34.3. The molecule has 0 saturated carbocycles. The monoisotopic (exact) mass is 259 g/mol. The SMILES string of the molecule is NC(=O)C1CCN(C(=O)NCC(O)C(=O)O)CC1. The van der Waals surface area contributed by atoms with Crippen LogP contribution in [0.3, 0.4) is 0 Å². The van der Waals surface area contributed by atoms with Crippen LogP contribution in [0.2, 0.25) is 0 Å². The van der Waals surface area contributed by atoms with Crippen LogP contribution in [0.25, 0.3) is 0 Å². The number of primary amides is 1. The number of urea groups is 1. The Bertz CT molecular complexity index is 338. The molecule has 1 aliphatic rings. The lowest BCUT2D eigenvalue weighted by Gasteiger charge is -2.30. The molecule has 0 aliphatic carbocycles. The van der Waals surface area contributed by atoms with Crippen molar-refractivity contribution in [1.82, 2.24) is 10.2 Å². The summed E-state index contributed by atoms with van der Waals surface area (Å²) in [7, 11) is 0. The Balaban J connectivity index is 2.32. The maximum Gasteiger partial charge on any atom is 0.334 e. The number of piperidine rings is 1. The number of aliphatic hydroxyl groups excluding tert-OH is 1. The number of nitrogens with two attached hydrogens (primary N) is 1. The molecule has 1 aliphatic heterocycles.